The number of nitrogens with zero attached hydrogens (tertiary/aromatic N) is 5. The van der Waals surface area contributed by atoms with Crippen molar-refractivity contribution in [3.05, 3.63) is 53.9 Å². The molecule has 0 fully saturated rings. The van der Waals surface area contributed by atoms with E-state index in [0.29, 0.717) is 5.84 Å². The summed E-state index contributed by atoms with van der Waals surface area (Å²) < 4.78 is 1.14. The van der Waals surface area contributed by atoms with E-state index in [1.165, 1.54) is 0 Å². The van der Waals surface area contributed by atoms with Gasteiger partial charge in [-0.05, 0) is 36.4 Å². The van der Waals surface area contributed by atoms with Crippen molar-refractivity contribution in [1.82, 2.24) is 15.0 Å². The molecule has 0 aromatic carbocycles. The number of aliphatic imine (C=N–C) groups is 2. The Balaban J connectivity index is 1.88. The second-order valence-corrected chi connectivity index (χ2v) is 7.14. The maximum absolute atomic E-state index is 4.79. The Morgan fingerprint density at radius 2 is 2.16 bits per heavy atom. The first-order chi connectivity index (χ1) is 12.3. The zero-order chi connectivity index (χ0) is 17.2. The number of thiazole rings is 1. The van der Waals surface area contributed by atoms with Crippen molar-refractivity contribution in [1.29, 1.82) is 0 Å². The van der Waals surface area contributed by atoms with Crippen molar-refractivity contribution in [3.8, 4) is 21.1 Å². The molecule has 0 aliphatic carbocycles. The standard InChI is InChI=1S/C18H13N5S2/c1-19-17(20-2)13-8-14-12(5-7-24-14)16(23-13)15-10-22-18(25-15)11-4-3-6-21-9-11/h3-10H,1H2,2H3. The molecule has 0 saturated carbocycles. The highest BCUT2D eigenvalue weighted by atomic mass is 32.1. The minimum Gasteiger partial charge on any atom is -0.268 e. The Hall–Kier alpha value is -2.77. The van der Waals surface area contributed by atoms with Crippen LogP contribution in [0.15, 0.2) is 58.2 Å². The van der Waals surface area contributed by atoms with Gasteiger partial charge in [-0.1, -0.05) is 0 Å². The van der Waals surface area contributed by atoms with E-state index < -0.39 is 0 Å². The summed E-state index contributed by atoms with van der Waals surface area (Å²) in [5.74, 6) is 0.536. The maximum atomic E-state index is 4.79. The molecule has 0 aliphatic heterocycles. The molecule has 0 amide bonds. The Kier molecular flexibility index (Phi) is 4.17. The van der Waals surface area contributed by atoms with Crippen LogP contribution in [-0.4, -0.2) is 34.6 Å². The minimum absolute atomic E-state index is 0.536. The second-order valence-electron chi connectivity index (χ2n) is 5.17. The van der Waals surface area contributed by atoms with Crippen molar-refractivity contribution in [2.24, 2.45) is 9.98 Å². The smallest absolute Gasteiger partial charge is 0.172 e. The lowest BCUT2D eigenvalue weighted by atomic mass is 10.2. The summed E-state index contributed by atoms with van der Waals surface area (Å²) in [6.07, 6.45) is 5.43. The maximum Gasteiger partial charge on any atom is 0.172 e. The van der Waals surface area contributed by atoms with Crippen molar-refractivity contribution in [2.45, 2.75) is 0 Å². The van der Waals surface area contributed by atoms with Gasteiger partial charge >= 0.3 is 0 Å². The molecular weight excluding hydrogens is 350 g/mol. The van der Waals surface area contributed by atoms with Crippen LogP contribution in [0.5, 0.6) is 0 Å². The van der Waals surface area contributed by atoms with E-state index in [1.807, 2.05) is 30.6 Å². The topological polar surface area (TPSA) is 63.4 Å². The van der Waals surface area contributed by atoms with E-state index in [-0.39, 0.29) is 0 Å². The van der Waals surface area contributed by atoms with Crippen LogP contribution in [0.1, 0.15) is 5.69 Å². The van der Waals surface area contributed by atoms with Crippen molar-refractivity contribution >= 4 is 45.3 Å². The molecule has 4 aromatic rings. The van der Waals surface area contributed by atoms with Crippen LogP contribution in [0.3, 0.4) is 0 Å². The third-order valence-corrected chi connectivity index (χ3v) is 5.61. The summed E-state index contributed by atoms with van der Waals surface area (Å²) in [4.78, 5) is 22.6. The fraction of sp³-hybridized carbons (Fsp3) is 0.0556. The molecule has 4 rings (SSSR count). The minimum atomic E-state index is 0.536. The summed E-state index contributed by atoms with van der Waals surface area (Å²) in [7, 11) is 1.69. The molecule has 0 aliphatic rings. The van der Waals surface area contributed by atoms with Crippen LogP contribution in [-0.2, 0) is 0 Å². The lowest BCUT2D eigenvalue weighted by molar-refractivity contribution is 1.28. The lowest BCUT2D eigenvalue weighted by Gasteiger charge is -2.04. The number of amidine groups is 1. The fourth-order valence-corrected chi connectivity index (χ4v) is 4.27. The molecular formula is C18H13N5S2. The highest BCUT2D eigenvalue weighted by Gasteiger charge is 2.15. The Morgan fingerprint density at radius 3 is 2.92 bits per heavy atom. The molecule has 0 unspecified atom stereocenters. The van der Waals surface area contributed by atoms with Gasteiger partial charge in [-0.3, -0.25) is 9.98 Å². The van der Waals surface area contributed by atoms with E-state index >= 15 is 0 Å². The van der Waals surface area contributed by atoms with Crippen LogP contribution >= 0.6 is 22.7 Å². The van der Waals surface area contributed by atoms with Crippen LogP contribution in [0, 0.1) is 0 Å². The van der Waals surface area contributed by atoms with Crippen LogP contribution in [0.2, 0.25) is 0 Å². The van der Waals surface area contributed by atoms with Gasteiger partial charge in [-0.15, -0.1) is 22.7 Å². The van der Waals surface area contributed by atoms with Gasteiger partial charge in [0, 0.05) is 41.3 Å². The third kappa shape index (κ3) is 2.88. The fourth-order valence-electron chi connectivity index (χ4n) is 2.54. The van der Waals surface area contributed by atoms with Gasteiger partial charge in [0.1, 0.15) is 10.7 Å². The van der Waals surface area contributed by atoms with E-state index in [1.54, 1.807) is 35.9 Å². The summed E-state index contributed by atoms with van der Waals surface area (Å²) in [5, 5.41) is 4.09. The molecule has 122 valence electrons. The highest BCUT2D eigenvalue weighted by Crippen LogP contribution is 2.36. The number of fused-ring (bicyclic) bond motifs is 1. The zero-order valence-corrected chi connectivity index (χ0v) is 15.0. The van der Waals surface area contributed by atoms with Gasteiger partial charge in [0.25, 0.3) is 0 Å². The number of hydrogen-bond acceptors (Lipinski definition) is 6. The molecule has 25 heavy (non-hydrogen) atoms. The molecule has 4 heterocycles. The number of hydrogen-bond donors (Lipinski definition) is 0. The van der Waals surface area contributed by atoms with Gasteiger partial charge in [0.2, 0.25) is 0 Å². The molecule has 0 spiro atoms. The SMILES string of the molecule is C=NC(=NC)c1cc2sccc2c(-c2cnc(-c3cccnc3)s2)n1. The Bertz CT molecular complexity index is 1080. The number of aromatic nitrogens is 3. The summed E-state index contributed by atoms with van der Waals surface area (Å²) in [6.45, 7) is 3.59. The Labute approximate surface area is 152 Å². The summed E-state index contributed by atoms with van der Waals surface area (Å²) in [5.41, 5.74) is 2.62. The van der Waals surface area contributed by atoms with E-state index in [2.05, 4.69) is 38.1 Å². The quantitative estimate of drug-likeness (QED) is 0.396. The van der Waals surface area contributed by atoms with Crippen LogP contribution in [0.25, 0.3) is 31.2 Å². The molecule has 4 aromatic heterocycles. The van der Waals surface area contributed by atoms with E-state index in [0.717, 1.165) is 36.9 Å². The van der Waals surface area contributed by atoms with Gasteiger partial charge in [0.15, 0.2) is 5.84 Å². The van der Waals surface area contributed by atoms with Gasteiger partial charge < -0.3 is 0 Å². The first-order valence-corrected chi connectivity index (χ1v) is 9.18. The lowest BCUT2D eigenvalue weighted by Crippen LogP contribution is -2.01. The predicted octanol–water partition coefficient (Wildman–Crippen LogP) is 4.56. The molecule has 5 nitrogen and oxygen atoms in total. The summed E-state index contributed by atoms with van der Waals surface area (Å²) in [6, 6.07) is 8.00. The molecule has 0 saturated heterocycles. The predicted molar refractivity (Wildman–Crippen MR) is 106 cm³/mol. The molecule has 7 heteroatoms. The van der Waals surface area contributed by atoms with Crippen LogP contribution < -0.4 is 0 Å². The van der Waals surface area contributed by atoms with Crippen molar-refractivity contribution in [2.75, 3.05) is 7.05 Å². The van der Waals surface area contributed by atoms with Gasteiger partial charge in [0.05, 0.1) is 10.6 Å². The average Bonchev–Trinajstić information content (AvgIpc) is 3.32. The van der Waals surface area contributed by atoms with Crippen molar-refractivity contribution < 1.29 is 0 Å². The molecule has 0 N–H and O–H groups in total. The zero-order valence-electron chi connectivity index (χ0n) is 13.4. The van der Waals surface area contributed by atoms with E-state index in [4.69, 9.17) is 4.98 Å². The first kappa shape index (κ1) is 15.7. The second kappa shape index (κ2) is 6.62. The normalized spacial score (nSPS) is 11.8. The van der Waals surface area contributed by atoms with Crippen LogP contribution in [0.4, 0.5) is 0 Å². The summed E-state index contributed by atoms with van der Waals surface area (Å²) >= 11 is 3.27. The van der Waals surface area contributed by atoms with E-state index in [9.17, 15) is 0 Å². The number of pyridine rings is 2. The Morgan fingerprint density at radius 1 is 1.24 bits per heavy atom. The monoisotopic (exact) mass is 363 g/mol. The molecule has 0 radical (unpaired) electrons. The van der Waals surface area contributed by atoms with Gasteiger partial charge in [-0.25, -0.2) is 15.0 Å². The third-order valence-electron chi connectivity index (χ3n) is 3.69. The number of thiophene rings is 1. The first-order valence-electron chi connectivity index (χ1n) is 7.49. The largest absolute Gasteiger partial charge is 0.268 e. The van der Waals surface area contributed by atoms with Gasteiger partial charge in [-0.2, -0.15) is 0 Å². The average molecular weight is 363 g/mol. The highest BCUT2D eigenvalue weighted by molar-refractivity contribution is 7.19. The molecule has 0 atom stereocenters. The van der Waals surface area contributed by atoms with Crippen molar-refractivity contribution in [3.63, 3.8) is 0 Å². The number of rotatable bonds is 3. The molecule has 0 bridgehead atoms.